The summed E-state index contributed by atoms with van der Waals surface area (Å²) in [6.45, 7) is 1.08. The molecule has 3 aromatic carbocycles. The van der Waals surface area contributed by atoms with Crippen LogP contribution in [0.1, 0.15) is 27.4 Å². The quantitative estimate of drug-likeness (QED) is 0.308. The van der Waals surface area contributed by atoms with Crippen LogP contribution >= 0.6 is 27.5 Å². The van der Waals surface area contributed by atoms with E-state index < -0.39 is 5.92 Å². The second-order valence-corrected chi connectivity index (χ2v) is 11.1. The maximum Gasteiger partial charge on any atom is 0.254 e. The first-order chi connectivity index (χ1) is 19.9. The number of carbonyl (C=O) groups excluding carboxylic acids is 3. The molecule has 3 heterocycles. The van der Waals surface area contributed by atoms with Gasteiger partial charge < -0.3 is 20.1 Å². The molecular weight excluding hydrogens is 606 g/mol. The highest BCUT2D eigenvalue weighted by Crippen LogP contribution is 2.40. The third kappa shape index (κ3) is 5.30. The first kappa shape index (κ1) is 27.0. The SMILES string of the molecule is O=C(NCc1ccccc1)C1=C2CN(C(=O)c3ccc(Br)c(Cl)c3)CCN2C(=O)C1c1ccc(-c2ncc[nH]2)cc1. The summed E-state index contributed by atoms with van der Waals surface area (Å²) in [5, 5.41) is 3.43. The molecule has 2 aliphatic heterocycles. The molecule has 1 aromatic heterocycles. The van der Waals surface area contributed by atoms with Gasteiger partial charge >= 0.3 is 0 Å². The van der Waals surface area contributed by atoms with Crippen molar-refractivity contribution in [2.75, 3.05) is 19.6 Å². The zero-order valence-electron chi connectivity index (χ0n) is 21.8. The zero-order chi connectivity index (χ0) is 28.5. The van der Waals surface area contributed by atoms with Crippen LogP contribution in [0, 0.1) is 0 Å². The van der Waals surface area contributed by atoms with E-state index in [1.807, 2.05) is 54.6 Å². The molecule has 0 saturated carbocycles. The molecule has 0 radical (unpaired) electrons. The Hall–Kier alpha value is -4.21. The van der Waals surface area contributed by atoms with E-state index in [4.69, 9.17) is 11.6 Å². The van der Waals surface area contributed by atoms with Gasteiger partial charge in [-0.15, -0.1) is 0 Å². The Morgan fingerprint density at radius 3 is 2.54 bits per heavy atom. The second-order valence-electron chi connectivity index (χ2n) is 9.87. The van der Waals surface area contributed by atoms with Crippen molar-refractivity contribution in [1.82, 2.24) is 25.1 Å². The van der Waals surface area contributed by atoms with E-state index in [1.54, 1.807) is 40.4 Å². The molecule has 206 valence electrons. The maximum absolute atomic E-state index is 13.8. The number of carbonyl (C=O) groups is 3. The van der Waals surface area contributed by atoms with E-state index in [-0.39, 0.29) is 24.3 Å². The summed E-state index contributed by atoms with van der Waals surface area (Å²) in [6.07, 6.45) is 3.42. The first-order valence-corrected chi connectivity index (χ1v) is 14.3. The number of hydrogen-bond donors (Lipinski definition) is 2. The molecule has 41 heavy (non-hydrogen) atoms. The van der Waals surface area contributed by atoms with Crippen LogP contribution in [-0.4, -0.2) is 57.1 Å². The number of piperazine rings is 1. The molecule has 8 nitrogen and oxygen atoms in total. The highest BCUT2D eigenvalue weighted by Gasteiger charge is 2.46. The summed E-state index contributed by atoms with van der Waals surface area (Å²) in [5.74, 6) is -0.791. The van der Waals surface area contributed by atoms with Gasteiger partial charge in [-0.1, -0.05) is 66.2 Å². The van der Waals surface area contributed by atoms with Crippen molar-refractivity contribution >= 4 is 45.3 Å². The van der Waals surface area contributed by atoms with Gasteiger partial charge in [0.05, 0.1) is 28.8 Å². The largest absolute Gasteiger partial charge is 0.348 e. The van der Waals surface area contributed by atoms with Crippen LogP contribution in [0.2, 0.25) is 5.02 Å². The summed E-state index contributed by atoms with van der Waals surface area (Å²) < 4.78 is 0.697. The number of nitrogens with zero attached hydrogens (tertiary/aromatic N) is 3. The van der Waals surface area contributed by atoms with Gasteiger partial charge in [-0.2, -0.15) is 0 Å². The number of amides is 3. The predicted octanol–water partition coefficient (Wildman–Crippen LogP) is 5.14. The Bertz CT molecular complexity index is 1660. The average Bonchev–Trinajstić information content (AvgIpc) is 3.64. The Kier molecular flexibility index (Phi) is 7.47. The van der Waals surface area contributed by atoms with Crippen LogP contribution in [0.25, 0.3) is 11.4 Å². The Labute approximate surface area is 250 Å². The fourth-order valence-electron chi connectivity index (χ4n) is 5.31. The van der Waals surface area contributed by atoms with Crippen molar-refractivity contribution in [2.24, 2.45) is 0 Å². The number of hydrogen-bond acceptors (Lipinski definition) is 4. The van der Waals surface area contributed by atoms with E-state index in [0.29, 0.717) is 57.4 Å². The van der Waals surface area contributed by atoms with Gasteiger partial charge in [0.25, 0.3) is 5.91 Å². The minimum atomic E-state index is -0.788. The molecule has 4 aromatic rings. The minimum absolute atomic E-state index is 0.132. The van der Waals surface area contributed by atoms with E-state index >= 15 is 0 Å². The lowest BCUT2D eigenvalue weighted by Crippen LogP contribution is -2.47. The molecule has 10 heteroatoms. The van der Waals surface area contributed by atoms with Crippen LogP contribution in [0.5, 0.6) is 0 Å². The van der Waals surface area contributed by atoms with Crippen molar-refractivity contribution in [3.63, 3.8) is 0 Å². The number of aromatic amines is 1. The molecule has 1 saturated heterocycles. The number of nitrogens with one attached hydrogen (secondary N) is 2. The van der Waals surface area contributed by atoms with Gasteiger partial charge in [0, 0.05) is 47.6 Å². The molecule has 0 spiro atoms. The van der Waals surface area contributed by atoms with Gasteiger partial charge in [0.2, 0.25) is 11.8 Å². The summed E-state index contributed by atoms with van der Waals surface area (Å²) in [7, 11) is 0. The Morgan fingerprint density at radius 2 is 1.83 bits per heavy atom. The number of fused-ring (bicyclic) bond motifs is 1. The van der Waals surface area contributed by atoms with Crippen LogP contribution < -0.4 is 5.32 Å². The number of H-pyrrole nitrogens is 1. The highest BCUT2D eigenvalue weighted by atomic mass is 79.9. The third-order valence-corrected chi connectivity index (χ3v) is 8.61. The van der Waals surface area contributed by atoms with E-state index in [9.17, 15) is 14.4 Å². The molecule has 3 amide bonds. The van der Waals surface area contributed by atoms with Crippen molar-refractivity contribution in [3.8, 4) is 11.4 Å². The average molecular weight is 631 g/mol. The normalized spacial score (nSPS) is 16.6. The molecule has 0 aliphatic carbocycles. The number of imidazole rings is 1. The molecule has 1 unspecified atom stereocenters. The molecule has 2 aliphatic rings. The van der Waals surface area contributed by atoms with Crippen LogP contribution in [0.15, 0.2) is 101 Å². The number of rotatable bonds is 6. The smallest absolute Gasteiger partial charge is 0.254 e. The monoisotopic (exact) mass is 629 g/mol. The molecule has 1 atom stereocenters. The first-order valence-electron chi connectivity index (χ1n) is 13.1. The third-order valence-electron chi connectivity index (χ3n) is 7.38. The zero-order valence-corrected chi connectivity index (χ0v) is 24.2. The predicted molar refractivity (Wildman–Crippen MR) is 159 cm³/mol. The van der Waals surface area contributed by atoms with E-state index in [1.165, 1.54) is 0 Å². The molecule has 2 N–H and O–H groups in total. The standard InChI is InChI=1S/C31H25BrClN5O3/c32-23-11-10-22(16-24(23)33)30(40)37-14-15-38-25(18-37)27(29(39)36-17-19-4-2-1-3-5-19)26(31(38)41)20-6-8-21(9-7-20)28-34-12-13-35-28/h1-13,16,26H,14-15,17-18H2,(H,34,35)(H,36,39). The number of halogens is 2. The lowest BCUT2D eigenvalue weighted by molar-refractivity contribution is -0.130. The summed E-state index contributed by atoms with van der Waals surface area (Å²) in [6, 6.07) is 22.1. The maximum atomic E-state index is 13.8. The lowest BCUT2D eigenvalue weighted by Gasteiger charge is -2.34. The van der Waals surface area contributed by atoms with E-state index in [2.05, 4.69) is 31.2 Å². The highest BCUT2D eigenvalue weighted by molar-refractivity contribution is 9.10. The van der Waals surface area contributed by atoms with Gasteiger partial charge in [-0.3, -0.25) is 14.4 Å². The number of aromatic nitrogens is 2. The van der Waals surface area contributed by atoms with Crippen LogP contribution in [-0.2, 0) is 16.1 Å². The van der Waals surface area contributed by atoms with E-state index in [0.717, 1.165) is 11.1 Å². The van der Waals surface area contributed by atoms with Crippen LogP contribution in [0.4, 0.5) is 0 Å². The van der Waals surface area contributed by atoms with Gasteiger partial charge in [-0.05, 0) is 45.3 Å². The Balaban J connectivity index is 1.34. The molecule has 1 fully saturated rings. The van der Waals surface area contributed by atoms with Crippen molar-refractivity contribution < 1.29 is 14.4 Å². The van der Waals surface area contributed by atoms with Gasteiger partial charge in [-0.25, -0.2) is 4.98 Å². The van der Waals surface area contributed by atoms with Crippen molar-refractivity contribution in [3.05, 3.63) is 123 Å². The second kappa shape index (κ2) is 11.3. The summed E-state index contributed by atoms with van der Waals surface area (Å²) >= 11 is 9.61. The Morgan fingerprint density at radius 1 is 1.05 bits per heavy atom. The van der Waals surface area contributed by atoms with Crippen molar-refractivity contribution in [1.29, 1.82) is 0 Å². The number of benzene rings is 3. The topological polar surface area (TPSA) is 98.4 Å². The summed E-state index contributed by atoms with van der Waals surface area (Å²) in [5.41, 5.74) is 3.87. The fourth-order valence-corrected chi connectivity index (χ4v) is 5.73. The molecule has 6 rings (SSSR count). The fraction of sp³-hybridized carbons (Fsp3) is 0.161. The van der Waals surface area contributed by atoms with Gasteiger partial charge in [0.15, 0.2) is 0 Å². The van der Waals surface area contributed by atoms with Crippen LogP contribution in [0.3, 0.4) is 0 Å². The molecular formula is C31H25BrClN5O3. The minimum Gasteiger partial charge on any atom is -0.348 e. The lowest BCUT2D eigenvalue weighted by atomic mass is 9.90. The van der Waals surface area contributed by atoms with Gasteiger partial charge in [0.1, 0.15) is 5.82 Å². The van der Waals surface area contributed by atoms with Crippen molar-refractivity contribution in [2.45, 2.75) is 12.5 Å². The summed E-state index contributed by atoms with van der Waals surface area (Å²) in [4.78, 5) is 51.7. The molecule has 0 bridgehead atoms.